The highest BCUT2D eigenvalue weighted by Crippen LogP contribution is 2.40. The molecule has 0 spiro atoms. The standard InChI is InChI=1S/C22H26ClN3O3/c1-7-25-16-12-14(23)8-10-17(16)29-18(25)11-9-15-19(22(4,5)6)24-26(21(15)28)20(27)13(2)3/h8-13H,7H2,1-6H3/b15-9+,18-11+. The van der Waals surface area contributed by atoms with Gasteiger partial charge >= 0.3 is 0 Å². The lowest BCUT2D eigenvalue weighted by atomic mass is 9.85. The van der Waals surface area contributed by atoms with E-state index in [9.17, 15) is 9.59 Å². The Morgan fingerprint density at radius 3 is 2.55 bits per heavy atom. The van der Waals surface area contributed by atoms with Gasteiger partial charge in [0.05, 0.1) is 17.0 Å². The first-order chi connectivity index (χ1) is 13.5. The Morgan fingerprint density at radius 2 is 1.97 bits per heavy atom. The largest absolute Gasteiger partial charge is 0.439 e. The molecular weight excluding hydrogens is 390 g/mol. The number of halogens is 1. The number of carbonyl (C=O) groups excluding carboxylic acids is 2. The predicted molar refractivity (Wildman–Crippen MR) is 115 cm³/mol. The van der Waals surface area contributed by atoms with E-state index in [0.717, 1.165) is 10.7 Å². The third-order valence-corrected chi connectivity index (χ3v) is 4.93. The number of nitrogens with zero attached hydrogens (tertiary/aromatic N) is 3. The van der Waals surface area contributed by atoms with Gasteiger partial charge in [-0.2, -0.15) is 10.1 Å². The second kappa shape index (κ2) is 7.67. The second-order valence-electron chi connectivity index (χ2n) is 8.35. The summed E-state index contributed by atoms with van der Waals surface area (Å²) in [4.78, 5) is 27.3. The van der Waals surface area contributed by atoms with Crippen LogP contribution in [0.25, 0.3) is 0 Å². The Hall–Kier alpha value is -2.60. The molecule has 2 aliphatic heterocycles. The number of amides is 2. The van der Waals surface area contributed by atoms with Crippen molar-refractivity contribution in [3.8, 4) is 5.75 Å². The van der Waals surface area contributed by atoms with E-state index in [2.05, 4.69) is 5.10 Å². The van der Waals surface area contributed by atoms with Crippen LogP contribution in [0.4, 0.5) is 5.69 Å². The molecule has 0 bridgehead atoms. The number of rotatable bonds is 3. The van der Waals surface area contributed by atoms with Crippen molar-refractivity contribution in [2.24, 2.45) is 16.4 Å². The molecule has 0 saturated carbocycles. The maximum Gasteiger partial charge on any atom is 0.283 e. The van der Waals surface area contributed by atoms with Crippen molar-refractivity contribution in [2.45, 2.75) is 41.5 Å². The van der Waals surface area contributed by atoms with Crippen molar-refractivity contribution < 1.29 is 14.3 Å². The van der Waals surface area contributed by atoms with Crippen LogP contribution in [0.5, 0.6) is 5.75 Å². The van der Waals surface area contributed by atoms with Gasteiger partial charge in [-0.3, -0.25) is 9.59 Å². The molecule has 0 atom stereocenters. The zero-order chi connectivity index (χ0) is 21.5. The van der Waals surface area contributed by atoms with E-state index >= 15 is 0 Å². The molecule has 0 N–H and O–H groups in total. The summed E-state index contributed by atoms with van der Waals surface area (Å²) in [5.74, 6) is 0.246. The highest BCUT2D eigenvalue weighted by atomic mass is 35.5. The smallest absolute Gasteiger partial charge is 0.283 e. The van der Waals surface area contributed by atoms with Crippen molar-refractivity contribution >= 4 is 34.8 Å². The topological polar surface area (TPSA) is 62.2 Å². The fraction of sp³-hybridized carbons (Fsp3) is 0.409. The van der Waals surface area contributed by atoms with Crippen LogP contribution < -0.4 is 9.64 Å². The number of hydrazone groups is 1. The van der Waals surface area contributed by atoms with Crippen LogP contribution in [0, 0.1) is 11.3 Å². The van der Waals surface area contributed by atoms with Gasteiger partial charge in [-0.1, -0.05) is 46.2 Å². The third-order valence-electron chi connectivity index (χ3n) is 4.69. The van der Waals surface area contributed by atoms with Gasteiger partial charge in [-0.25, -0.2) is 0 Å². The minimum absolute atomic E-state index is 0.317. The lowest BCUT2D eigenvalue weighted by Gasteiger charge is -2.18. The van der Waals surface area contributed by atoms with E-state index in [1.54, 1.807) is 32.1 Å². The van der Waals surface area contributed by atoms with Gasteiger partial charge in [-0.15, -0.1) is 0 Å². The summed E-state index contributed by atoms with van der Waals surface area (Å²) < 4.78 is 5.95. The van der Waals surface area contributed by atoms with Gasteiger partial charge in [0.2, 0.25) is 5.88 Å². The van der Waals surface area contributed by atoms with Crippen LogP contribution in [0.15, 0.2) is 46.9 Å². The number of hydrogen-bond acceptors (Lipinski definition) is 5. The Kier molecular flexibility index (Phi) is 5.59. The van der Waals surface area contributed by atoms with Crippen molar-refractivity contribution in [3.05, 3.63) is 46.8 Å². The van der Waals surface area contributed by atoms with Crippen molar-refractivity contribution in [1.82, 2.24) is 5.01 Å². The number of allylic oxidation sites excluding steroid dienone is 2. The second-order valence-corrected chi connectivity index (χ2v) is 8.79. The number of carbonyl (C=O) groups is 2. The summed E-state index contributed by atoms with van der Waals surface area (Å²) in [7, 11) is 0. The monoisotopic (exact) mass is 415 g/mol. The van der Waals surface area contributed by atoms with Gasteiger partial charge in [0, 0.05) is 22.9 Å². The van der Waals surface area contributed by atoms with Crippen LogP contribution in [-0.2, 0) is 9.59 Å². The van der Waals surface area contributed by atoms with Crippen LogP contribution in [-0.4, -0.2) is 29.1 Å². The van der Waals surface area contributed by atoms with Gasteiger partial charge in [0.15, 0.2) is 5.75 Å². The Morgan fingerprint density at radius 1 is 1.28 bits per heavy atom. The van der Waals surface area contributed by atoms with E-state index in [-0.39, 0.29) is 11.8 Å². The summed E-state index contributed by atoms with van der Waals surface area (Å²) in [5, 5.41) is 5.97. The molecule has 6 nitrogen and oxygen atoms in total. The highest BCUT2D eigenvalue weighted by Gasteiger charge is 2.39. The minimum Gasteiger partial charge on any atom is -0.439 e. The molecule has 2 amide bonds. The summed E-state index contributed by atoms with van der Waals surface area (Å²) in [6, 6.07) is 5.44. The summed E-state index contributed by atoms with van der Waals surface area (Å²) >= 11 is 6.12. The average molecular weight is 416 g/mol. The van der Waals surface area contributed by atoms with Crippen LogP contribution in [0.1, 0.15) is 41.5 Å². The third kappa shape index (κ3) is 3.94. The van der Waals surface area contributed by atoms with Gasteiger partial charge in [-0.05, 0) is 37.3 Å². The average Bonchev–Trinajstić information content (AvgIpc) is 3.15. The molecule has 0 fully saturated rings. The SMILES string of the molecule is CCN1/C(=C\C=C2\C(=O)N(C(=O)C(C)C)N=C2C(C)(C)C)Oc2ccc(Cl)cc21. The molecule has 3 rings (SSSR count). The van der Waals surface area contributed by atoms with Crippen LogP contribution >= 0.6 is 11.6 Å². The summed E-state index contributed by atoms with van der Waals surface area (Å²) in [5.41, 5.74) is 1.45. The highest BCUT2D eigenvalue weighted by molar-refractivity contribution is 6.31. The summed E-state index contributed by atoms with van der Waals surface area (Å²) in [6.45, 7) is 12.1. The molecule has 0 unspecified atom stereocenters. The summed E-state index contributed by atoms with van der Waals surface area (Å²) in [6.07, 6.45) is 3.43. The minimum atomic E-state index is -0.410. The molecule has 154 valence electrons. The number of hydrogen-bond donors (Lipinski definition) is 0. The first-order valence-corrected chi connectivity index (χ1v) is 10.1. The van der Waals surface area contributed by atoms with Crippen molar-refractivity contribution in [1.29, 1.82) is 0 Å². The lowest BCUT2D eigenvalue weighted by molar-refractivity contribution is -0.143. The van der Waals surface area contributed by atoms with Crippen LogP contribution in [0.3, 0.4) is 0 Å². The maximum atomic E-state index is 12.9. The molecule has 0 radical (unpaired) electrons. The fourth-order valence-corrected chi connectivity index (χ4v) is 3.36. The number of ether oxygens (including phenoxy) is 1. The Balaban J connectivity index is 1.99. The molecule has 29 heavy (non-hydrogen) atoms. The Labute approximate surface area is 176 Å². The first kappa shape index (κ1) is 21.1. The number of benzene rings is 1. The van der Waals surface area contributed by atoms with E-state index in [4.69, 9.17) is 16.3 Å². The molecule has 1 aromatic rings. The quantitative estimate of drug-likeness (QED) is 0.668. The zero-order valence-electron chi connectivity index (χ0n) is 17.6. The Bertz CT molecular complexity index is 955. The molecule has 2 aliphatic rings. The van der Waals surface area contributed by atoms with E-state index in [0.29, 0.717) is 34.5 Å². The maximum absolute atomic E-state index is 12.9. The van der Waals surface area contributed by atoms with Crippen molar-refractivity contribution in [2.75, 3.05) is 11.4 Å². The molecule has 7 heteroatoms. The first-order valence-electron chi connectivity index (χ1n) is 9.69. The van der Waals surface area contributed by atoms with Crippen LogP contribution in [0.2, 0.25) is 5.02 Å². The fourth-order valence-electron chi connectivity index (χ4n) is 3.19. The predicted octanol–water partition coefficient (Wildman–Crippen LogP) is 4.75. The van der Waals surface area contributed by atoms with E-state index in [1.165, 1.54) is 0 Å². The zero-order valence-corrected chi connectivity index (χ0v) is 18.4. The van der Waals surface area contributed by atoms with Gasteiger partial charge < -0.3 is 9.64 Å². The molecule has 0 saturated heterocycles. The molecule has 2 heterocycles. The molecular formula is C22H26ClN3O3. The number of fused-ring (bicyclic) bond motifs is 1. The molecule has 1 aromatic carbocycles. The molecule has 0 aliphatic carbocycles. The van der Waals surface area contributed by atoms with Gasteiger partial charge in [0.25, 0.3) is 11.8 Å². The van der Waals surface area contributed by atoms with E-state index < -0.39 is 11.3 Å². The number of anilines is 1. The number of imide groups is 1. The van der Waals surface area contributed by atoms with Crippen molar-refractivity contribution in [3.63, 3.8) is 0 Å². The normalized spacial score (nSPS) is 19.3. The lowest BCUT2D eigenvalue weighted by Crippen LogP contribution is -2.32. The van der Waals surface area contributed by atoms with Gasteiger partial charge in [0.1, 0.15) is 0 Å². The van der Waals surface area contributed by atoms with E-state index in [1.807, 2.05) is 44.7 Å². The molecule has 0 aromatic heterocycles.